The molecule has 1 rings (SSSR count). The molecule has 0 radical (unpaired) electrons. The molecule has 22 heavy (non-hydrogen) atoms. The number of nitro benzene ring substituents is 1. The average molecular weight is 311 g/mol. The number of nitrogens with zero attached hydrogens (tertiary/aromatic N) is 1. The second-order valence-corrected chi connectivity index (χ2v) is 5.04. The van der Waals surface area contributed by atoms with E-state index < -0.39 is 10.9 Å². The van der Waals surface area contributed by atoms with E-state index >= 15 is 0 Å². The molecule has 0 heterocycles. The van der Waals surface area contributed by atoms with E-state index in [2.05, 4.69) is 6.92 Å². The highest BCUT2D eigenvalue weighted by molar-refractivity contribution is 5.66. The van der Waals surface area contributed by atoms with Gasteiger partial charge in [0.1, 0.15) is 5.75 Å². The van der Waals surface area contributed by atoms with Crippen molar-refractivity contribution in [2.75, 3.05) is 0 Å². The number of carbonyl (C=O) groups is 1. The molecular formula is C16H25NO5. The number of aromatic hydroxyl groups is 1. The molecule has 0 saturated carbocycles. The zero-order valence-corrected chi connectivity index (χ0v) is 13.0. The van der Waals surface area contributed by atoms with Crippen molar-refractivity contribution in [2.24, 2.45) is 0 Å². The number of hydrogen-bond acceptors (Lipinski definition) is 4. The van der Waals surface area contributed by atoms with Crippen LogP contribution in [0.1, 0.15) is 58.3 Å². The summed E-state index contributed by atoms with van der Waals surface area (Å²) in [5.74, 6) is -0.630. The number of rotatable bonds is 9. The second kappa shape index (κ2) is 12.6. The lowest BCUT2D eigenvalue weighted by molar-refractivity contribution is -0.384. The van der Waals surface area contributed by atoms with Crippen LogP contribution in [0.4, 0.5) is 5.69 Å². The molecule has 0 aliphatic heterocycles. The Labute approximate surface area is 130 Å². The highest BCUT2D eigenvalue weighted by Crippen LogP contribution is 2.15. The molecule has 0 fully saturated rings. The van der Waals surface area contributed by atoms with E-state index in [-0.39, 0.29) is 11.4 Å². The first-order valence-electron chi connectivity index (χ1n) is 7.62. The minimum Gasteiger partial charge on any atom is -0.508 e. The SMILES string of the molecule is CCCCCCCCCC(=O)O.O=[N+]([O-])c1ccc(O)cc1. The summed E-state index contributed by atoms with van der Waals surface area (Å²) in [6.45, 7) is 2.20. The van der Waals surface area contributed by atoms with Gasteiger partial charge in [-0.2, -0.15) is 0 Å². The molecule has 2 N–H and O–H groups in total. The van der Waals surface area contributed by atoms with E-state index in [0.29, 0.717) is 6.42 Å². The standard InChI is InChI=1S/C10H20O2.C6H5NO3/c1-2-3-4-5-6-7-8-9-10(11)12;8-6-3-1-5(2-4-6)7(9)10/h2-9H2,1H3,(H,11,12);1-4,8H. The summed E-state index contributed by atoms with van der Waals surface area (Å²) >= 11 is 0. The van der Waals surface area contributed by atoms with Gasteiger partial charge in [0.05, 0.1) is 4.92 Å². The Kier molecular flexibility index (Phi) is 11.4. The summed E-state index contributed by atoms with van der Waals surface area (Å²) in [4.78, 5) is 19.7. The van der Waals surface area contributed by atoms with Crippen LogP contribution in [0.15, 0.2) is 24.3 Å². The van der Waals surface area contributed by atoms with E-state index in [9.17, 15) is 14.9 Å². The minimum atomic E-state index is -0.663. The predicted molar refractivity (Wildman–Crippen MR) is 85.0 cm³/mol. The van der Waals surface area contributed by atoms with Gasteiger partial charge < -0.3 is 10.2 Å². The second-order valence-electron chi connectivity index (χ2n) is 5.04. The smallest absolute Gasteiger partial charge is 0.303 e. The van der Waals surface area contributed by atoms with Crippen LogP contribution < -0.4 is 0 Å². The third-order valence-electron chi connectivity index (χ3n) is 3.05. The molecule has 0 aromatic heterocycles. The number of phenolic OH excluding ortho intramolecular Hbond substituents is 1. The normalized spacial score (nSPS) is 9.68. The number of carboxylic acid groups (broad SMARTS) is 1. The van der Waals surface area contributed by atoms with Gasteiger partial charge in [-0.3, -0.25) is 14.9 Å². The number of hydrogen-bond donors (Lipinski definition) is 2. The first-order valence-corrected chi connectivity index (χ1v) is 7.62. The van der Waals surface area contributed by atoms with Gasteiger partial charge in [0, 0.05) is 18.6 Å². The Morgan fingerprint density at radius 3 is 2.00 bits per heavy atom. The van der Waals surface area contributed by atoms with Crippen LogP contribution >= 0.6 is 0 Å². The van der Waals surface area contributed by atoms with E-state index in [4.69, 9.17) is 10.2 Å². The van der Waals surface area contributed by atoms with Gasteiger partial charge in [-0.15, -0.1) is 0 Å². The number of benzene rings is 1. The molecule has 0 bridgehead atoms. The monoisotopic (exact) mass is 311 g/mol. The summed E-state index contributed by atoms with van der Waals surface area (Å²) in [5.41, 5.74) is -0.0159. The zero-order chi connectivity index (χ0) is 16.8. The van der Waals surface area contributed by atoms with Crippen LogP contribution in [0.25, 0.3) is 0 Å². The largest absolute Gasteiger partial charge is 0.508 e. The Morgan fingerprint density at radius 1 is 1.05 bits per heavy atom. The Balaban J connectivity index is 0.000000406. The fourth-order valence-corrected chi connectivity index (χ4v) is 1.81. The molecule has 0 spiro atoms. The maximum Gasteiger partial charge on any atom is 0.303 e. The van der Waals surface area contributed by atoms with Gasteiger partial charge in [-0.25, -0.2) is 0 Å². The lowest BCUT2D eigenvalue weighted by Crippen LogP contribution is -1.93. The van der Waals surface area contributed by atoms with Crippen molar-refractivity contribution in [3.8, 4) is 5.75 Å². The Bertz CT molecular complexity index is 431. The summed E-state index contributed by atoms with van der Waals surface area (Å²) in [7, 11) is 0. The van der Waals surface area contributed by atoms with E-state index in [0.717, 1.165) is 12.8 Å². The number of nitro groups is 1. The van der Waals surface area contributed by atoms with Crippen LogP contribution in [-0.2, 0) is 4.79 Å². The molecule has 1 aromatic carbocycles. The molecule has 0 amide bonds. The fraction of sp³-hybridized carbons (Fsp3) is 0.562. The number of non-ortho nitro benzene ring substituents is 1. The number of carboxylic acids is 1. The minimum absolute atomic E-state index is 0.0159. The third kappa shape index (κ3) is 11.7. The molecule has 0 aliphatic carbocycles. The number of phenols is 1. The topological polar surface area (TPSA) is 101 Å². The van der Waals surface area contributed by atoms with E-state index in [1.165, 1.54) is 56.4 Å². The van der Waals surface area contributed by atoms with Gasteiger partial charge in [0.15, 0.2) is 0 Å². The molecule has 6 nitrogen and oxygen atoms in total. The summed E-state index contributed by atoms with van der Waals surface area (Å²) in [6.07, 6.45) is 8.64. The van der Waals surface area contributed by atoms with Crippen LogP contribution in [0, 0.1) is 10.1 Å². The lowest BCUT2D eigenvalue weighted by Gasteiger charge is -1.98. The van der Waals surface area contributed by atoms with Gasteiger partial charge in [0.25, 0.3) is 5.69 Å². The highest BCUT2D eigenvalue weighted by atomic mass is 16.6. The summed E-state index contributed by atoms with van der Waals surface area (Å²) in [6, 6.07) is 5.04. The van der Waals surface area contributed by atoms with Crippen LogP contribution in [0.2, 0.25) is 0 Å². The number of unbranched alkanes of at least 4 members (excludes halogenated alkanes) is 6. The van der Waals surface area contributed by atoms with Crippen LogP contribution in [0.5, 0.6) is 5.75 Å². The third-order valence-corrected chi connectivity index (χ3v) is 3.05. The van der Waals surface area contributed by atoms with Crippen molar-refractivity contribution in [3.63, 3.8) is 0 Å². The first-order chi connectivity index (χ1) is 10.5. The summed E-state index contributed by atoms with van der Waals surface area (Å²) < 4.78 is 0. The first kappa shape index (κ1) is 19.9. The predicted octanol–water partition coefficient (Wildman–Crippen LogP) is 4.51. The van der Waals surface area contributed by atoms with Crippen molar-refractivity contribution >= 4 is 11.7 Å². The molecule has 0 aliphatic rings. The van der Waals surface area contributed by atoms with E-state index in [1.807, 2.05) is 0 Å². The molecule has 124 valence electrons. The summed E-state index contributed by atoms with van der Waals surface area (Å²) in [5, 5.41) is 27.1. The molecule has 0 unspecified atom stereocenters. The van der Waals surface area contributed by atoms with Crippen molar-refractivity contribution < 1.29 is 19.9 Å². The van der Waals surface area contributed by atoms with Crippen molar-refractivity contribution in [3.05, 3.63) is 34.4 Å². The Hall–Kier alpha value is -2.11. The molecule has 0 saturated heterocycles. The Morgan fingerprint density at radius 2 is 1.55 bits per heavy atom. The van der Waals surface area contributed by atoms with Crippen molar-refractivity contribution in [1.82, 2.24) is 0 Å². The van der Waals surface area contributed by atoms with Crippen molar-refractivity contribution in [1.29, 1.82) is 0 Å². The average Bonchev–Trinajstić information content (AvgIpc) is 2.47. The maximum absolute atomic E-state index is 10.1. The van der Waals surface area contributed by atoms with Gasteiger partial charge in [0.2, 0.25) is 0 Å². The molecule has 6 heteroatoms. The molecule has 0 atom stereocenters. The quantitative estimate of drug-likeness (QED) is 0.397. The highest BCUT2D eigenvalue weighted by Gasteiger charge is 2.01. The van der Waals surface area contributed by atoms with Gasteiger partial charge in [-0.1, -0.05) is 45.4 Å². The van der Waals surface area contributed by atoms with Crippen LogP contribution in [0.3, 0.4) is 0 Å². The molecule has 1 aromatic rings. The fourth-order valence-electron chi connectivity index (χ4n) is 1.81. The maximum atomic E-state index is 10.1. The zero-order valence-electron chi connectivity index (χ0n) is 13.0. The lowest BCUT2D eigenvalue weighted by atomic mass is 10.1. The van der Waals surface area contributed by atoms with Crippen molar-refractivity contribution in [2.45, 2.75) is 58.3 Å². The van der Waals surface area contributed by atoms with E-state index in [1.54, 1.807) is 0 Å². The molecular weight excluding hydrogens is 286 g/mol. The number of aliphatic carboxylic acids is 1. The van der Waals surface area contributed by atoms with Gasteiger partial charge in [-0.05, 0) is 18.6 Å². The van der Waals surface area contributed by atoms with Gasteiger partial charge >= 0.3 is 5.97 Å². The van der Waals surface area contributed by atoms with Crippen LogP contribution in [-0.4, -0.2) is 21.1 Å².